The summed E-state index contributed by atoms with van der Waals surface area (Å²) in [6.07, 6.45) is 2.08. The van der Waals surface area contributed by atoms with Crippen molar-refractivity contribution in [2.75, 3.05) is 24.7 Å². The second-order valence-electron chi connectivity index (χ2n) is 8.17. The normalized spacial score (nSPS) is 22.9. The van der Waals surface area contributed by atoms with Gasteiger partial charge in [0.05, 0.1) is 5.88 Å². The lowest BCUT2D eigenvalue weighted by Gasteiger charge is -2.28. The van der Waals surface area contributed by atoms with Gasteiger partial charge < -0.3 is 15.5 Å². The Labute approximate surface area is 172 Å². The second kappa shape index (κ2) is 9.30. The Balaban J connectivity index is 0.00000261. The van der Waals surface area contributed by atoms with E-state index in [1.807, 2.05) is 24.3 Å². The largest absolute Gasteiger partial charge is 0.350 e. The minimum Gasteiger partial charge on any atom is -0.350 e. The molecule has 2 fully saturated rings. The Morgan fingerprint density at radius 2 is 1.93 bits per heavy atom. The van der Waals surface area contributed by atoms with Crippen molar-refractivity contribution in [1.82, 2.24) is 15.5 Å². The lowest BCUT2D eigenvalue weighted by atomic mass is 9.86. The molecule has 2 aliphatic heterocycles. The molecule has 0 spiro atoms. The number of carbonyl (C=O) groups is 2. The summed E-state index contributed by atoms with van der Waals surface area (Å²) in [5.41, 5.74) is 1.91. The highest BCUT2D eigenvalue weighted by Crippen LogP contribution is 2.26. The zero-order valence-corrected chi connectivity index (χ0v) is 17.9. The third-order valence-corrected chi connectivity index (χ3v) is 6.10. The van der Waals surface area contributed by atoms with Crippen molar-refractivity contribution >= 4 is 36.0 Å². The molecule has 2 aliphatic rings. The van der Waals surface area contributed by atoms with E-state index in [1.165, 1.54) is 5.56 Å². The fourth-order valence-corrected chi connectivity index (χ4v) is 4.56. The molecule has 2 heterocycles. The minimum absolute atomic E-state index is 0. The van der Waals surface area contributed by atoms with E-state index in [4.69, 9.17) is 0 Å². The molecule has 0 aliphatic carbocycles. The van der Waals surface area contributed by atoms with Gasteiger partial charge in [0, 0.05) is 23.9 Å². The molecule has 7 heteroatoms. The smallest absolute Gasteiger partial charge is 0.255 e. The van der Waals surface area contributed by atoms with E-state index >= 15 is 0 Å². The molecule has 0 aromatic heterocycles. The highest BCUT2D eigenvalue weighted by Gasteiger charge is 2.36. The van der Waals surface area contributed by atoms with Crippen molar-refractivity contribution < 1.29 is 9.59 Å². The zero-order valence-electron chi connectivity index (χ0n) is 16.3. The summed E-state index contributed by atoms with van der Waals surface area (Å²) in [5.74, 6) is 1.15. The Bertz CT molecular complexity index is 654. The predicted molar refractivity (Wildman–Crippen MR) is 114 cm³/mol. The third kappa shape index (κ3) is 5.39. The van der Waals surface area contributed by atoms with Crippen molar-refractivity contribution in [2.24, 2.45) is 0 Å². The van der Waals surface area contributed by atoms with Crippen LogP contribution in [0.5, 0.6) is 0 Å². The molecule has 27 heavy (non-hydrogen) atoms. The van der Waals surface area contributed by atoms with Crippen molar-refractivity contribution in [3.63, 3.8) is 0 Å². The molecule has 0 saturated carbocycles. The number of nitrogens with zero attached hydrogens (tertiary/aromatic N) is 1. The van der Waals surface area contributed by atoms with Crippen LogP contribution in [0.2, 0.25) is 0 Å². The number of thioether (sulfide) groups is 1. The topological polar surface area (TPSA) is 61.4 Å². The summed E-state index contributed by atoms with van der Waals surface area (Å²) in [4.78, 5) is 27.3. The SMILES string of the molecule is CC(C)(C)c1ccc(C(=O)N2CSCC2C(=O)N[C@H]2CCCNC2)cc1.Cl. The second-order valence-corrected chi connectivity index (χ2v) is 9.17. The number of hydrogen-bond acceptors (Lipinski definition) is 4. The van der Waals surface area contributed by atoms with E-state index in [9.17, 15) is 9.59 Å². The Kier molecular flexibility index (Phi) is 7.60. The van der Waals surface area contributed by atoms with Crippen molar-refractivity contribution in [2.45, 2.75) is 51.1 Å². The monoisotopic (exact) mass is 411 g/mol. The number of halogens is 1. The number of carbonyl (C=O) groups excluding carboxylic acids is 2. The lowest BCUT2D eigenvalue weighted by molar-refractivity contribution is -0.125. The van der Waals surface area contributed by atoms with E-state index in [1.54, 1.807) is 16.7 Å². The van der Waals surface area contributed by atoms with Crippen LogP contribution in [-0.4, -0.2) is 53.5 Å². The zero-order chi connectivity index (χ0) is 18.7. The molecule has 5 nitrogen and oxygen atoms in total. The lowest BCUT2D eigenvalue weighted by Crippen LogP contribution is -2.53. The number of hydrogen-bond donors (Lipinski definition) is 2. The van der Waals surface area contributed by atoms with Gasteiger partial charge in [0.1, 0.15) is 6.04 Å². The number of piperidine rings is 1. The summed E-state index contributed by atoms with van der Waals surface area (Å²) in [5, 5.41) is 6.42. The van der Waals surface area contributed by atoms with Gasteiger partial charge in [0.2, 0.25) is 5.91 Å². The molecule has 2 saturated heterocycles. The average Bonchev–Trinajstić information content (AvgIpc) is 3.11. The molecular formula is C20H30ClN3O2S. The first-order valence-electron chi connectivity index (χ1n) is 9.36. The quantitative estimate of drug-likeness (QED) is 0.802. The predicted octanol–water partition coefficient (Wildman–Crippen LogP) is 2.79. The van der Waals surface area contributed by atoms with Gasteiger partial charge in [-0.05, 0) is 42.5 Å². The summed E-state index contributed by atoms with van der Waals surface area (Å²) < 4.78 is 0. The first-order valence-corrected chi connectivity index (χ1v) is 10.5. The van der Waals surface area contributed by atoms with Crippen LogP contribution in [0.3, 0.4) is 0 Å². The first kappa shape index (κ1) is 22.1. The highest BCUT2D eigenvalue weighted by atomic mass is 35.5. The fraction of sp³-hybridized carbons (Fsp3) is 0.600. The molecule has 2 amide bonds. The van der Waals surface area contributed by atoms with Gasteiger partial charge in [-0.25, -0.2) is 0 Å². The van der Waals surface area contributed by atoms with E-state index in [-0.39, 0.29) is 41.7 Å². The minimum atomic E-state index is -0.378. The van der Waals surface area contributed by atoms with E-state index < -0.39 is 0 Å². The van der Waals surface area contributed by atoms with Gasteiger partial charge >= 0.3 is 0 Å². The number of nitrogens with one attached hydrogen (secondary N) is 2. The van der Waals surface area contributed by atoms with Gasteiger partial charge in [-0.1, -0.05) is 32.9 Å². The standard InChI is InChI=1S/C20H29N3O2S.ClH/c1-20(2,3)15-8-6-14(7-9-15)19(25)23-13-26-12-17(23)18(24)22-16-5-4-10-21-11-16;/h6-9,16-17,21H,4-5,10-13H2,1-3H3,(H,22,24);1H/t16-,17?;/m0./s1. The van der Waals surface area contributed by atoms with Crippen LogP contribution < -0.4 is 10.6 Å². The molecule has 1 aromatic carbocycles. The van der Waals surface area contributed by atoms with Crippen LogP contribution in [0.4, 0.5) is 0 Å². The van der Waals surface area contributed by atoms with Crippen molar-refractivity contribution in [3.05, 3.63) is 35.4 Å². The Morgan fingerprint density at radius 1 is 1.22 bits per heavy atom. The number of rotatable bonds is 3. The maximum Gasteiger partial charge on any atom is 0.255 e. The molecule has 0 radical (unpaired) electrons. The van der Waals surface area contributed by atoms with Crippen LogP contribution in [0.1, 0.15) is 49.5 Å². The molecule has 1 unspecified atom stereocenters. The van der Waals surface area contributed by atoms with E-state index in [0.29, 0.717) is 17.2 Å². The molecule has 1 aromatic rings. The van der Waals surface area contributed by atoms with E-state index in [0.717, 1.165) is 25.9 Å². The molecule has 150 valence electrons. The molecule has 3 rings (SSSR count). The summed E-state index contributed by atoms with van der Waals surface area (Å²) in [7, 11) is 0. The fourth-order valence-electron chi connectivity index (χ4n) is 3.41. The van der Waals surface area contributed by atoms with Gasteiger partial charge in [-0.3, -0.25) is 9.59 Å². The highest BCUT2D eigenvalue weighted by molar-refractivity contribution is 7.99. The number of benzene rings is 1. The van der Waals surface area contributed by atoms with Gasteiger partial charge in [0.15, 0.2) is 0 Å². The maximum atomic E-state index is 12.9. The van der Waals surface area contributed by atoms with Crippen LogP contribution in [0, 0.1) is 0 Å². The summed E-state index contributed by atoms with van der Waals surface area (Å²) in [6.45, 7) is 8.29. The molecule has 2 N–H and O–H groups in total. The van der Waals surface area contributed by atoms with Gasteiger partial charge in [-0.2, -0.15) is 0 Å². The van der Waals surface area contributed by atoms with Crippen molar-refractivity contribution in [1.29, 1.82) is 0 Å². The summed E-state index contributed by atoms with van der Waals surface area (Å²) in [6, 6.07) is 7.58. The maximum absolute atomic E-state index is 12.9. The average molecular weight is 412 g/mol. The van der Waals surface area contributed by atoms with E-state index in [2.05, 4.69) is 31.4 Å². The Hall–Kier alpha value is -1.24. The van der Waals surface area contributed by atoms with Crippen LogP contribution >= 0.6 is 24.2 Å². The molecule has 2 atom stereocenters. The molecule has 0 bridgehead atoms. The third-order valence-electron chi connectivity index (χ3n) is 5.09. The van der Waals surface area contributed by atoms with Gasteiger partial charge in [-0.15, -0.1) is 24.2 Å². The summed E-state index contributed by atoms with van der Waals surface area (Å²) >= 11 is 1.64. The first-order chi connectivity index (χ1) is 12.4. The van der Waals surface area contributed by atoms with Crippen LogP contribution in [-0.2, 0) is 10.2 Å². The van der Waals surface area contributed by atoms with Crippen LogP contribution in [0.25, 0.3) is 0 Å². The molecular weight excluding hydrogens is 382 g/mol. The number of amides is 2. The van der Waals surface area contributed by atoms with Crippen LogP contribution in [0.15, 0.2) is 24.3 Å². The van der Waals surface area contributed by atoms with Gasteiger partial charge in [0.25, 0.3) is 5.91 Å². The van der Waals surface area contributed by atoms with Crippen molar-refractivity contribution in [3.8, 4) is 0 Å². The Morgan fingerprint density at radius 3 is 2.52 bits per heavy atom.